The minimum Gasteiger partial charge on any atom is -0.277 e. The Morgan fingerprint density at radius 3 is 1.76 bits per heavy atom. The van der Waals surface area contributed by atoms with Gasteiger partial charge in [-0.1, -0.05) is 178 Å². The van der Waals surface area contributed by atoms with Crippen LogP contribution >= 0.6 is 11.3 Å². The van der Waals surface area contributed by atoms with Gasteiger partial charge in [0, 0.05) is 53.0 Å². The zero-order valence-corrected chi connectivity index (χ0v) is 30.8. The molecule has 0 aliphatic rings. The van der Waals surface area contributed by atoms with Crippen molar-refractivity contribution < 1.29 is 0 Å². The maximum absolute atomic E-state index is 5.43. The molecule has 3 nitrogen and oxygen atoms in total. The monoisotopic (exact) mass is 709 g/mol. The van der Waals surface area contributed by atoms with Crippen LogP contribution < -0.4 is 0 Å². The Morgan fingerprint density at radius 1 is 0.426 bits per heavy atom. The molecule has 0 radical (unpaired) electrons. The summed E-state index contributed by atoms with van der Waals surface area (Å²) in [4.78, 5) is 10.7. The van der Waals surface area contributed by atoms with E-state index in [-0.39, 0.29) is 0 Å². The Kier molecular flexibility index (Phi) is 7.78. The Hall–Kier alpha value is -6.62. The zero-order chi connectivity index (χ0) is 36.2. The van der Waals surface area contributed by atoms with Crippen molar-refractivity contribution in [1.82, 2.24) is 14.5 Å². The summed E-state index contributed by atoms with van der Waals surface area (Å²) in [6.45, 7) is 4.00. The van der Waals surface area contributed by atoms with E-state index in [1.54, 1.807) is 0 Å². The third-order valence-electron chi connectivity index (χ3n) is 10.4. The average molecular weight is 710 g/mol. The van der Waals surface area contributed by atoms with Crippen molar-refractivity contribution in [2.24, 2.45) is 0 Å². The minimum atomic E-state index is 0.662. The van der Waals surface area contributed by atoms with E-state index in [1.807, 2.05) is 25.2 Å². The van der Waals surface area contributed by atoms with Crippen LogP contribution in [-0.4, -0.2) is 14.5 Å². The molecule has 54 heavy (non-hydrogen) atoms. The van der Waals surface area contributed by atoms with Gasteiger partial charge in [0.25, 0.3) is 0 Å². The van der Waals surface area contributed by atoms with Crippen LogP contribution in [0, 0.1) is 0 Å². The Labute approximate surface area is 317 Å². The van der Waals surface area contributed by atoms with E-state index < -0.39 is 0 Å². The van der Waals surface area contributed by atoms with Gasteiger partial charge in [0.05, 0.1) is 22.2 Å². The van der Waals surface area contributed by atoms with E-state index >= 15 is 0 Å². The van der Waals surface area contributed by atoms with Gasteiger partial charge in [-0.25, -0.2) is 9.97 Å². The number of rotatable bonds is 4. The number of para-hydroxylation sites is 2. The Bertz CT molecular complexity index is 3180. The third kappa shape index (κ3) is 4.95. The first-order chi connectivity index (χ1) is 26.8. The van der Waals surface area contributed by atoms with Crippen LogP contribution in [0.15, 0.2) is 176 Å². The van der Waals surface area contributed by atoms with E-state index in [0.29, 0.717) is 5.95 Å². The van der Waals surface area contributed by atoms with Crippen molar-refractivity contribution in [2.45, 2.75) is 13.8 Å². The van der Waals surface area contributed by atoms with E-state index in [4.69, 9.17) is 9.97 Å². The summed E-state index contributed by atoms with van der Waals surface area (Å²) in [5.74, 6) is 0.662. The fraction of sp³-hybridized carbons (Fsp3) is 0.0400. The van der Waals surface area contributed by atoms with Gasteiger partial charge in [0.15, 0.2) is 0 Å². The van der Waals surface area contributed by atoms with Gasteiger partial charge in [-0.05, 0) is 34.0 Å². The smallest absolute Gasteiger partial charge is 0.235 e. The fourth-order valence-electron chi connectivity index (χ4n) is 8.12. The molecule has 0 aliphatic heterocycles. The first-order valence-corrected chi connectivity index (χ1v) is 19.4. The van der Waals surface area contributed by atoms with Gasteiger partial charge in [-0.3, -0.25) is 4.57 Å². The summed E-state index contributed by atoms with van der Waals surface area (Å²) in [6.07, 6.45) is 0. The summed E-state index contributed by atoms with van der Waals surface area (Å²) in [5.41, 5.74) is 9.98. The van der Waals surface area contributed by atoms with E-state index in [9.17, 15) is 0 Å². The normalized spacial score (nSPS) is 11.5. The molecule has 11 rings (SSSR count). The molecule has 0 aliphatic carbocycles. The molecule has 8 aromatic carbocycles. The van der Waals surface area contributed by atoms with Gasteiger partial charge in [-0.15, -0.1) is 11.3 Å². The lowest BCUT2D eigenvalue weighted by Gasteiger charge is -2.14. The number of hydrogen-bond acceptors (Lipinski definition) is 3. The topological polar surface area (TPSA) is 30.7 Å². The third-order valence-corrected chi connectivity index (χ3v) is 11.7. The predicted molar refractivity (Wildman–Crippen MR) is 232 cm³/mol. The molecule has 0 bridgehead atoms. The highest BCUT2D eigenvalue weighted by Crippen LogP contribution is 2.47. The molecule has 0 N–H and O–H groups in total. The summed E-state index contributed by atoms with van der Waals surface area (Å²) in [5, 5.41) is 8.42. The molecule has 0 atom stereocenters. The number of fused-ring (bicyclic) bond motifs is 9. The molecule has 0 amide bonds. The van der Waals surface area contributed by atoms with Crippen LogP contribution in [0.3, 0.4) is 0 Å². The van der Waals surface area contributed by atoms with E-state index in [2.05, 4.69) is 180 Å². The van der Waals surface area contributed by atoms with Crippen LogP contribution in [0.25, 0.3) is 103 Å². The molecule has 0 spiro atoms. The number of benzene rings is 8. The van der Waals surface area contributed by atoms with Crippen LogP contribution in [0.5, 0.6) is 0 Å². The molecule has 0 saturated heterocycles. The van der Waals surface area contributed by atoms with Gasteiger partial charge in [0.1, 0.15) is 0 Å². The van der Waals surface area contributed by atoms with Crippen LogP contribution in [-0.2, 0) is 0 Å². The summed E-state index contributed by atoms with van der Waals surface area (Å²) in [6, 6.07) is 62.9. The lowest BCUT2D eigenvalue weighted by atomic mass is 9.98. The quantitative estimate of drug-likeness (QED) is 0.182. The molecule has 4 heteroatoms. The van der Waals surface area contributed by atoms with E-state index in [0.717, 1.165) is 38.8 Å². The first kappa shape index (κ1) is 32.1. The van der Waals surface area contributed by atoms with Crippen LogP contribution in [0.4, 0.5) is 0 Å². The fourth-order valence-corrected chi connectivity index (χ4v) is 9.48. The maximum Gasteiger partial charge on any atom is 0.235 e. The predicted octanol–water partition coefficient (Wildman–Crippen LogP) is 14.3. The van der Waals surface area contributed by atoms with Crippen molar-refractivity contribution in [3.8, 4) is 39.5 Å². The molecule has 11 aromatic rings. The van der Waals surface area contributed by atoms with Crippen molar-refractivity contribution in [1.29, 1.82) is 0 Å². The van der Waals surface area contributed by atoms with Crippen LogP contribution in [0.1, 0.15) is 13.8 Å². The molecule has 3 aromatic heterocycles. The molecule has 3 heterocycles. The van der Waals surface area contributed by atoms with Gasteiger partial charge < -0.3 is 0 Å². The highest BCUT2D eigenvalue weighted by molar-refractivity contribution is 7.26. The van der Waals surface area contributed by atoms with E-state index in [1.165, 1.54) is 58.4 Å². The minimum absolute atomic E-state index is 0.662. The molecule has 256 valence electrons. The standard InChI is InChI=1S/C48H29N3S.C2H6/c1-3-14-30(15-4-1)34-21-11-24-37-38-25-13-23-36(47(38)52-46(34)37)35-22-12-26-40-43-33-19-8-7-16-31(33)28-29-42(43)51(45(35)40)48-49-41-27-10-9-20-39(41)44(50-48)32-17-5-2-6-18-32;1-2/h1-29H;1-2H3. The molecule has 0 saturated carbocycles. The summed E-state index contributed by atoms with van der Waals surface area (Å²) < 4.78 is 4.90. The van der Waals surface area contributed by atoms with Gasteiger partial charge >= 0.3 is 0 Å². The summed E-state index contributed by atoms with van der Waals surface area (Å²) >= 11 is 1.89. The maximum atomic E-state index is 5.43. The van der Waals surface area contributed by atoms with Gasteiger partial charge in [-0.2, -0.15) is 0 Å². The molecular formula is C50H35N3S. The number of hydrogen-bond donors (Lipinski definition) is 0. The number of thiophene rings is 1. The second kappa shape index (κ2) is 13.1. The lowest BCUT2D eigenvalue weighted by Crippen LogP contribution is -2.04. The SMILES string of the molecule is CC.c1ccc(-c2nc(-n3c4ccc5ccccc5c4c4cccc(-c5cccc6c5sc5c(-c7ccccc7)cccc56)c43)nc3ccccc23)cc1. The van der Waals surface area contributed by atoms with Crippen molar-refractivity contribution in [3.63, 3.8) is 0 Å². The highest BCUT2D eigenvalue weighted by Gasteiger charge is 2.23. The van der Waals surface area contributed by atoms with Crippen LogP contribution in [0.2, 0.25) is 0 Å². The largest absolute Gasteiger partial charge is 0.277 e. The Morgan fingerprint density at radius 2 is 1.00 bits per heavy atom. The second-order valence-electron chi connectivity index (χ2n) is 13.3. The summed E-state index contributed by atoms with van der Waals surface area (Å²) in [7, 11) is 0. The highest BCUT2D eigenvalue weighted by atomic mass is 32.1. The second-order valence-corrected chi connectivity index (χ2v) is 14.3. The zero-order valence-electron chi connectivity index (χ0n) is 30.0. The number of aromatic nitrogens is 3. The van der Waals surface area contributed by atoms with Gasteiger partial charge in [0.2, 0.25) is 5.95 Å². The number of nitrogens with zero attached hydrogens (tertiary/aromatic N) is 3. The average Bonchev–Trinajstić information content (AvgIpc) is 3.81. The lowest BCUT2D eigenvalue weighted by molar-refractivity contribution is 1.01. The van der Waals surface area contributed by atoms with Crippen molar-refractivity contribution >= 4 is 75.0 Å². The molecule has 0 fully saturated rings. The van der Waals surface area contributed by atoms with Crippen molar-refractivity contribution in [3.05, 3.63) is 176 Å². The van der Waals surface area contributed by atoms with Crippen molar-refractivity contribution in [2.75, 3.05) is 0 Å². The Balaban J connectivity index is 0.00000178. The molecular weight excluding hydrogens is 675 g/mol. The molecule has 0 unspecified atom stereocenters. The first-order valence-electron chi connectivity index (χ1n) is 18.6.